The molecule has 0 fully saturated rings. The molecule has 5 heteroatoms. The molecule has 0 spiro atoms. The summed E-state index contributed by atoms with van der Waals surface area (Å²) in [6.45, 7) is 18.7. The van der Waals surface area contributed by atoms with E-state index in [1.807, 2.05) is 12.1 Å². The van der Waals surface area contributed by atoms with E-state index in [2.05, 4.69) is 228 Å². The van der Waals surface area contributed by atoms with Crippen LogP contribution < -0.4 is 5.46 Å². The lowest BCUT2D eigenvalue weighted by molar-refractivity contribution is 0.425. The van der Waals surface area contributed by atoms with E-state index >= 15 is 0 Å². The van der Waals surface area contributed by atoms with Crippen LogP contribution in [0.3, 0.4) is 0 Å². The Balaban J connectivity index is 0.000000145. The molecule has 0 amide bonds. The van der Waals surface area contributed by atoms with Gasteiger partial charge in [-0.15, -0.1) is 0 Å². The Morgan fingerprint density at radius 3 is 0.918 bits per heavy atom. The first-order valence-corrected chi connectivity index (χ1v) is 26.0. The second-order valence-electron chi connectivity index (χ2n) is 23.4. The van der Waals surface area contributed by atoms with Crippen LogP contribution in [0, 0.1) is 0 Å². The van der Waals surface area contributed by atoms with Gasteiger partial charge in [0.05, 0.1) is 33.4 Å². The Morgan fingerprint density at radius 2 is 0.589 bits per heavy atom. The molecule has 4 nitrogen and oxygen atoms in total. The van der Waals surface area contributed by atoms with Crippen molar-refractivity contribution < 1.29 is 10.0 Å². The second-order valence-corrected chi connectivity index (χ2v) is 23.4. The van der Waals surface area contributed by atoms with E-state index in [1.54, 1.807) is 0 Å². The molecule has 2 aromatic heterocycles. The third-order valence-corrected chi connectivity index (χ3v) is 18.3. The Labute approximate surface area is 425 Å². The molecular weight excluding hydrogens is 888 g/mol. The number of para-hydroxylation sites is 4. The summed E-state index contributed by atoms with van der Waals surface area (Å²) in [5, 5.41) is 30.5. The van der Waals surface area contributed by atoms with Gasteiger partial charge < -0.3 is 19.2 Å². The van der Waals surface area contributed by atoms with Crippen molar-refractivity contribution in [3.63, 3.8) is 0 Å². The van der Waals surface area contributed by atoms with Gasteiger partial charge in [-0.3, -0.25) is 0 Å². The van der Waals surface area contributed by atoms with Crippen LogP contribution in [0.4, 0.5) is 0 Å². The molecule has 2 N–H and O–H groups in total. The zero-order valence-corrected chi connectivity index (χ0v) is 42.6. The molecule has 12 aromatic rings. The van der Waals surface area contributed by atoms with Crippen LogP contribution >= 0.6 is 0 Å². The van der Waals surface area contributed by atoms with Gasteiger partial charge in [-0.1, -0.05) is 219 Å². The molecule has 10 aromatic carbocycles. The number of benzene rings is 10. The molecule has 0 bridgehead atoms. The third-order valence-electron chi connectivity index (χ3n) is 18.3. The summed E-state index contributed by atoms with van der Waals surface area (Å²) in [6, 6.07) is 65.1. The summed E-state index contributed by atoms with van der Waals surface area (Å²) >= 11 is 0. The van der Waals surface area contributed by atoms with Gasteiger partial charge in [0.25, 0.3) is 0 Å². The Bertz CT molecular complexity index is 4220. The normalized spacial score (nSPS) is 16.2. The van der Waals surface area contributed by atoms with E-state index < -0.39 is 7.12 Å². The summed E-state index contributed by atoms with van der Waals surface area (Å²) in [4.78, 5) is 0. The molecule has 16 rings (SSSR count). The quantitative estimate of drug-likeness (QED) is 0.137. The number of hydrogen-bond donors (Lipinski definition) is 2. The summed E-state index contributed by atoms with van der Waals surface area (Å²) in [5.74, 6) is 0. The largest absolute Gasteiger partial charge is 0.488 e. The van der Waals surface area contributed by atoms with E-state index in [9.17, 15) is 10.0 Å². The summed E-state index contributed by atoms with van der Waals surface area (Å²) < 4.78 is 5.05. The van der Waals surface area contributed by atoms with E-state index in [1.165, 1.54) is 132 Å². The number of rotatable bonds is 3. The number of nitrogens with zero attached hydrogens (tertiary/aromatic N) is 2. The monoisotopic (exact) mass is 942 g/mol. The molecule has 0 atom stereocenters. The fourth-order valence-electron chi connectivity index (χ4n) is 14.6. The van der Waals surface area contributed by atoms with E-state index in [4.69, 9.17) is 0 Å². The van der Waals surface area contributed by atoms with Gasteiger partial charge in [0.15, 0.2) is 0 Å². The molecule has 73 heavy (non-hydrogen) atoms. The predicted octanol–water partition coefficient (Wildman–Crippen LogP) is 15.4. The highest BCUT2D eigenvalue weighted by atomic mass is 16.4. The number of fused-ring (bicyclic) bond motifs is 4. The zero-order chi connectivity index (χ0) is 49.8. The van der Waals surface area contributed by atoms with E-state index in [-0.39, 0.29) is 21.7 Å². The molecule has 4 aliphatic heterocycles. The van der Waals surface area contributed by atoms with Crippen LogP contribution in [0.2, 0.25) is 0 Å². The number of aromatic nitrogens is 2. The van der Waals surface area contributed by atoms with Crippen molar-refractivity contribution in [1.82, 2.24) is 9.13 Å². The van der Waals surface area contributed by atoms with E-state index in [0.29, 0.717) is 5.46 Å². The van der Waals surface area contributed by atoms with Gasteiger partial charge in [-0.05, 0) is 106 Å². The average molecular weight is 943 g/mol. The lowest BCUT2D eigenvalue weighted by Crippen LogP contribution is -2.39. The van der Waals surface area contributed by atoms with Gasteiger partial charge in [0.1, 0.15) is 0 Å². The van der Waals surface area contributed by atoms with E-state index in [0.717, 1.165) is 11.1 Å². The minimum atomic E-state index is -1.48. The SMILES string of the molecule is CC1(C)c2cc(-c3c4ccccc4c(-c4ccccc4)c4ccccc34)cc3c2-n2c4c1cccc4c1cccc(c12)C3(C)C.CC1(C)c2cc(B(O)O)cc3c2-n2c4c1cccc4c1cccc(c12)C3(C)C. The Kier molecular flexibility index (Phi) is 8.28. The van der Waals surface area contributed by atoms with Crippen molar-refractivity contribution in [3.05, 3.63) is 220 Å². The topological polar surface area (TPSA) is 50.3 Å². The molecule has 0 saturated heterocycles. The summed E-state index contributed by atoms with van der Waals surface area (Å²) in [5.41, 5.74) is 23.5. The Hall–Kier alpha value is -7.70. The molecule has 0 saturated carbocycles. The van der Waals surface area contributed by atoms with Crippen LogP contribution in [0.5, 0.6) is 0 Å². The molecule has 0 radical (unpaired) electrons. The number of hydrogen-bond acceptors (Lipinski definition) is 2. The van der Waals surface area contributed by atoms with Crippen LogP contribution in [0.25, 0.3) is 98.8 Å². The van der Waals surface area contributed by atoms with Crippen molar-refractivity contribution >= 4 is 77.7 Å². The minimum absolute atomic E-state index is 0.160. The van der Waals surface area contributed by atoms with Crippen molar-refractivity contribution in [2.45, 2.75) is 77.0 Å². The maximum absolute atomic E-state index is 10.0. The van der Waals surface area contributed by atoms with Crippen molar-refractivity contribution in [2.24, 2.45) is 0 Å². The highest BCUT2D eigenvalue weighted by molar-refractivity contribution is 6.58. The summed E-state index contributed by atoms with van der Waals surface area (Å²) in [6.07, 6.45) is 0. The first kappa shape index (κ1) is 42.9. The van der Waals surface area contributed by atoms with Gasteiger partial charge in [-0.25, -0.2) is 0 Å². The molecule has 352 valence electrons. The molecular formula is C68H55BN2O2. The van der Waals surface area contributed by atoms with Gasteiger partial charge in [0, 0.05) is 43.2 Å². The summed E-state index contributed by atoms with van der Waals surface area (Å²) in [7, 11) is -1.48. The standard InChI is InChI=1S/C44H33N.C24H22BNO2/c1-43(2)34-22-12-20-32-33-21-13-23-35-41(33)45(40(32)34)42-36(43)24-27(25-37(42)44(35,3)4)39-30-18-10-8-16-28(30)38(26-14-6-5-7-15-26)29-17-9-11-19-31(29)39;1-23(2)16-9-5-7-14-15-8-6-10-17-21(15)26(20(14)16)22-18(23)11-13(25(27)28)12-19(22)24(17,3)4/h5-25H,1-4H3;5-12,27-28H,1-4H3. The molecule has 0 aliphatic carbocycles. The first-order valence-electron chi connectivity index (χ1n) is 26.0. The van der Waals surface area contributed by atoms with Gasteiger partial charge in [-0.2, -0.15) is 0 Å². The second kappa shape index (κ2) is 14.1. The highest BCUT2D eigenvalue weighted by Gasteiger charge is 2.46. The van der Waals surface area contributed by atoms with Gasteiger partial charge >= 0.3 is 7.12 Å². The molecule has 6 heterocycles. The maximum Gasteiger partial charge on any atom is 0.488 e. The van der Waals surface area contributed by atoms with Crippen LogP contribution in [0.15, 0.2) is 176 Å². The third kappa shape index (κ3) is 5.24. The fraction of sp³-hybridized carbons (Fsp3) is 0.176. The van der Waals surface area contributed by atoms with Crippen molar-refractivity contribution in [2.75, 3.05) is 0 Å². The van der Waals surface area contributed by atoms with Crippen molar-refractivity contribution in [3.8, 4) is 33.6 Å². The van der Waals surface area contributed by atoms with Crippen LogP contribution in [0.1, 0.15) is 99.9 Å². The minimum Gasteiger partial charge on any atom is -0.423 e. The first-order chi connectivity index (χ1) is 35.1. The van der Waals surface area contributed by atoms with Crippen molar-refractivity contribution in [1.29, 1.82) is 0 Å². The predicted molar refractivity (Wildman–Crippen MR) is 306 cm³/mol. The Morgan fingerprint density at radius 1 is 0.301 bits per heavy atom. The average Bonchev–Trinajstić information content (AvgIpc) is 3.95. The highest BCUT2D eigenvalue weighted by Crippen LogP contribution is 2.58. The maximum atomic E-state index is 10.0. The fourth-order valence-corrected chi connectivity index (χ4v) is 14.6. The zero-order valence-electron chi connectivity index (χ0n) is 42.6. The molecule has 0 unspecified atom stereocenters. The van der Waals surface area contributed by atoms with Gasteiger partial charge in [0.2, 0.25) is 0 Å². The van der Waals surface area contributed by atoms with Crippen LogP contribution in [-0.2, 0) is 21.7 Å². The lowest BCUT2D eigenvalue weighted by atomic mass is 9.65. The lowest BCUT2D eigenvalue weighted by Gasteiger charge is -2.42. The van der Waals surface area contributed by atoms with Crippen LogP contribution in [-0.4, -0.2) is 26.3 Å². The molecule has 4 aliphatic rings. The smallest absolute Gasteiger partial charge is 0.423 e.